The molecule has 0 aliphatic heterocycles. The van der Waals surface area contributed by atoms with Crippen LogP contribution in [0.5, 0.6) is 17.4 Å². The molecule has 0 spiro atoms. The molecule has 5 rings (SSSR count). The first kappa shape index (κ1) is 20.3. The minimum absolute atomic E-state index is 0.237. The van der Waals surface area contributed by atoms with Crippen molar-refractivity contribution < 1.29 is 14.3 Å². The number of ether oxygens (including phenoxy) is 2. The fourth-order valence-corrected chi connectivity index (χ4v) is 3.32. The van der Waals surface area contributed by atoms with Crippen molar-refractivity contribution in [2.75, 3.05) is 5.32 Å². The first-order valence-corrected chi connectivity index (χ1v) is 10.4. The molecule has 3 heterocycles. The van der Waals surface area contributed by atoms with E-state index >= 15 is 0 Å². The predicted molar refractivity (Wildman–Crippen MR) is 125 cm³/mol. The lowest BCUT2D eigenvalue weighted by Crippen LogP contribution is -2.13. The van der Waals surface area contributed by atoms with Crippen LogP contribution >= 0.6 is 0 Å². The average molecular weight is 436 g/mol. The predicted octanol–water partition coefficient (Wildman–Crippen LogP) is 5.35. The summed E-state index contributed by atoms with van der Waals surface area (Å²) < 4.78 is 13.6. The molecule has 0 radical (unpaired) electrons. The van der Waals surface area contributed by atoms with Gasteiger partial charge in [0.1, 0.15) is 29.3 Å². The minimum Gasteiger partial charge on any atom is -0.487 e. The number of amides is 1. The van der Waals surface area contributed by atoms with E-state index in [0.717, 1.165) is 11.3 Å². The molecule has 0 aliphatic carbocycles. The second-order valence-corrected chi connectivity index (χ2v) is 7.24. The minimum atomic E-state index is -0.327. The van der Waals surface area contributed by atoms with Crippen LogP contribution in [0.2, 0.25) is 0 Å². The van der Waals surface area contributed by atoms with Crippen LogP contribution in [0.25, 0.3) is 5.65 Å². The summed E-state index contributed by atoms with van der Waals surface area (Å²) in [6, 6.07) is 25.6. The number of nitrogens with one attached hydrogen (secondary N) is 1. The molecule has 3 aromatic heterocycles. The maximum atomic E-state index is 12.9. The van der Waals surface area contributed by atoms with Crippen molar-refractivity contribution in [2.45, 2.75) is 6.61 Å². The highest BCUT2D eigenvalue weighted by Crippen LogP contribution is 2.24. The summed E-state index contributed by atoms with van der Waals surface area (Å²) in [5, 5.41) is 2.89. The standard InChI is InChI=1S/C26H20N4O3/c31-25(23-12-7-14-27-26(23)33-21-9-2-1-3-10-21)29-19-8-6-11-22(16-19)32-18-20-17-30-15-5-4-13-24(30)28-20/h1-17H,18H2,(H,29,31). The second-order valence-electron chi connectivity index (χ2n) is 7.24. The van der Waals surface area contributed by atoms with E-state index in [-0.39, 0.29) is 11.8 Å². The van der Waals surface area contributed by atoms with E-state index in [1.807, 2.05) is 65.3 Å². The van der Waals surface area contributed by atoms with E-state index in [0.29, 0.717) is 29.4 Å². The smallest absolute Gasteiger partial charge is 0.261 e. The summed E-state index contributed by atoms with van der Waals surface area (Å²) in [5.74, 6) is 1.14. The summed E-state index contributed by atoms with van der Waals surface area (Å²) in [4.78, 5) is 21.7. The Hall–Kier alpha value is -4.65. The molecule has 0 bridgehead atoms. The molecule has 0 aliphatic rings. The van der Waals surface area contributed by atoms with Gasteiger partial charge >= 0.3 is 0 Å². The van der Waals surface area contributed by atoms with Gasteiger partial charge in [0.15, 0.2) is 0 Å². The molecule has 0 saturated heterocycles. The molecular weight excluding hydrogens is 416 g/mol. The summed E-state index contributed by atoms with van der Waals surface area (Å²) in [5.41, 5.74) is 2.61. The number of hydrogen-bond acceptors (Lipinski definition) is 5. The molecule has 5 aromatic rings. The highest BCUT2D eigenvalue weighted by atomic mass is 16.5. The van der Waals surface area contributed by atoms with Gasteiger partial charge in [0.25, 0.3) is 5.91 Å². The van der Waals surface area contributed by atoms with Crippen LogP contribution in [0.1, 0.15) is 16.1 Å². The van der Waals surface area contributed by atoms with Gasteiger partial charge in [-0.15, -0.1) is 0 Å². The maximum Gasteiger partial charge on any atom is 0.261 e. The third kappa shape index (κ3) is 4.83. The molecule has 33 heavy (non-hydrogen) atoms. The Morgan fingerprint density at radius 3 is 2.64 bits per heavy atom. The molecule has 0 fully saturated rings. The Bertz CT molecular complexity index is 1370. The summed E-state index contributed by atoms with van der Waals surface area (Å²) in [6.45, 7) is 0.316. The number of anilines is 1. The van der Waals surface area contributed by atoms with E-state index < -0.39 is 0 Å². The van der Waals surface area contributed by atoms with Crippen molar-refractivity contribution in [1.29, 1.82) is 0 Å². The first-order chi connectivity index (χ1) is 16.2. The Morgan fingerprint density at radius 1 is 0.909 bits per heavy atom. The maximum absolute atomic E-state index is 12.9. The molecule has 7 heteroatoms. The number of rotatable bonds is 7. The summed E-state index contributed by atoms with van der Waals surface area (Å²) in [7, 11) is 0. The van der Waals surface area contributed by atoms with Crippen LogP contribution in [-0.4, -0.2) is 20.3 Å². The van der Waals surface area contributed by atoms with Crippen molar-refractivity contribution >= 4 is 17.2 Å². The topological polar surface area (TPSA) is 77.8 Å². The monoisotopic (exact) mass is 436 g/mol. The van der Waals surface area contributed by atoms with Gasteiger partial charge in [0.2, 0.25) is 5.88 Å². The molecule has 7 nitrogen and oxygen atoms in total. The van der Waals surface area contributed by atoms with Crippen molar-refractivity contribution in [3.8, 4) is 17.4 Å². The van der Waals surface area contributed by atoms with Gasteiger partial charge in [-0.05, 0) is 48.5 Å². The number of imidazole rings is 1. The average Bonchev–Trinajstić information content (AvgIpc) is 3.27. The molecule has 1 amide bonds. The lowest BCUT2D eigenvalue weighted by atomic mass is 10.2. The summed E-state index contributed by atoms with van der Waals surface area (Å²) in [6.07, 6.45) is 5.46. The Balaban J connectivity index is 1.27. The van der Waals surface area contributed by atoms with Gasteiger partial charge in [-0.3, -0.25) is 4.79 Å². The van der Waals surface area contributed by atoms with Crippen LogP contribution < -0.4 is 14.8 Å². The van der Waals surface area contributed by atoms with Crippen molar-refractivity contribution in [3.05, 3.63) is 115 Å². The molecule has 0 atom stereocenters. The normalized spacial score (nSPS) is 10.7. The quantitative estimate of drug-likeness (QED) is 0.372. The number of carbonyl (C=O) groups excluding carboxylic acids is 1. The third-order valence-electron chi connectivity index (χ3n) is 4.87. The SMILES string of the molecule is O=C(Nc1cccc(OCc2cn3ccccc3n2)c1)c1cccnc1Oc1ccccc1. The van der Waals surface area contributed by atoms with E-state index in [4.69, 9.17) is 9.47 Å². The molecule has 2 aromatic carbocycles. The number of aromatic nitrogens is 3. The van der Waals surface area contributed by atoms with Crippen LogP contribution in [-0.2, 0) is 6.61 Å². The van der Waals surface area contributed by atoms with E-state index in [1.165, 1.54) is 0 Å². The second kappa shape index (κ2) is 9.23. The van der Waals surface area contributed by atoms with E-state index in [2.05, 4.69) is 15.3 Å². The summed E-state index contributed by atoms with van der Waals surface area (Å²) >= 11 is 0. The van der Waals surface area contributed by atoms with E-state index in [1.54, 1.807) is 42.6 Å². The van der Waals surface area contributed by atoms with Crippen molar-refractivity contribution in [1.82, 2.24) is 14.4 Å². The fraction of sp³-hybridized carbons (Fsp3) is 0.0385. The highest BCUT2D eigenvalue weighted by molar-refractivity contribution is 6.05. The van der Waals surface area contributed by atoms with Gasteiger partial charge in [-0.1, -0.05) is 30.3 Å². The number of benzene rings is 2. The molecule has 1 N–H and O–H groups in total. The molecule has 0 unspecified atom stereocenters. The lowest BCUT2D eigenvalue weighted by Gasteiger charge is -2.11. The zero-order valence-electron chi connectivity index (χ0n) is 17.6. The number of pyridine rings is 2. The Labute approximate surface area is 190 Å². The Morgan fingerprint density at radius 2 is 1.76 bits per heavy atom. The van der Waals surface area contributed by atoms with E-state index in [9.17, 15) is 4.79 Å². The highest BCUT2D eigenvalue weighted by Gasteiger charge is 2.15. The number of nitrogens with zero attached hydrogens (tertiary/aromatic N) is 3. The number of fused-ring (bicyclic) bond motifs is 1. The zero-order chi connectivity index (χ0) is 22.5. The van der Waals surface area contributed by atoms with Crippen LogP contribution in [0.3, 0.4) is 0 Å². The number of para-hydroxylation sites is 1. The van der Waals surface area contributed by atoms with Gasteiger partial charge in [0, 0.05) is 30.3 Å². The largest absolute Gasteiger partial charge is 0.487 e. The van der Waals surface area contributed by atoms with Crippen molar-refractivity contribution in [2.24, 2.45) is 0 Å². The number of carbonyl (C=O) groups is 1. The van der Waals surface area contributed by atoms with Crippen LogP contribution in [0.15, 0.2) is 104 Å². The number of hydrogen-bond donors (Lipinski definition) is 1. The third-order valence-corrected chi connectivity index (χ3v) is 4.87. The molecule has 0 saturated carbocycles. The van der Waals surface area contributed by atoms with Gasteiger partial charge < -0.3 is 19.2 Å². The lowest BCUT2D eigenvalue weighted by molar-refractivity contribution is 0.102. The molecule has 162 valence electrons. The van der Waals surface area contributed by atoms with Crippen molar-refractivity contribution in [3.63, 3.8) is 0 Å². The van der Waals surface area contributed by atoms with Crippen LogP contribution in [0.4, 0.5) is 5.69 Å². The zero-order valence-corrected chi connectivity index (χ0v) is 17.6. The van der Waals surface area contributed by atoms with Gasteiger partial charge in [0.05, 0.1) is 5.69 Å². The fourth-order valence-electron chi connectivity index (χ4n) is 3.32. The van der Waals surface area contributed by atoms with Gasteiger partial charge in [-0.2, -0.15) is 0 Å². The Kier molecular flexibility index (Phi) is 5.67. The van der Waals surface area contributed by atoms with Crippen LogP contribution in [0, 0.1) is 0 Å². The molecular formula is C26H20N4O3. The van der Waals surface area contributed by atoms with Gasteiger partial charge in [-0.25, -0.2) is 9.97 Å². The first-order valence-electron chi connectivity index (χ1n) is 10.4.